The Morgan fingerprint density at radius 1 is 0.756 bits per heavy atom. The first-order valence-electron chi connectivity index (χ1n) is 14.7. The van der Waals surface area contributed by atoms with E-state index in [9.17, 15) is 24.2 Å². The summed E-state index contributed by atoms with van der Waals surface area (Å²) in [7, 11) is -4.59. The van der Waals surface area contributed by atoms with Gasteiger partial charge in [-0.2, -0.15) is 0 Å². The van der Waals surface area contributed by atoms with Gasteiger partial charge in [-0.15, -0.1) is 0 Å². The van der Waals surface area contributed by atoms with Crippen LogP contribution in [0.5, 0.6) is 0 Å². The van der Waals surface area contributed by atoms with E-state index in [1.165, 1.54) is 25.7 Å². The Morgan fingerprint density at radius 3 is 1.80 bits per heavy atom. The molecule has 0 saturated heterocycles. The van der Waals surface area contributed by atoms with Crippen LogP contribution in [0, 0.1) is 0 Å². The quantitative estimate of drug-likeness (QED) is 0.0372. The highest BCUT2D eigenvalue weighted by molar-refractivity contribution is 7.47. The molecule has 41 heavy (non-hydrogen) atoms. The Bertz CT molecular complexity index is 842. The molecule has 0 aromatic rings. The maximum absolute atomic E-state index is 11.8. The summed E-state index contributed by atoms with van der Waals surface area (Å²) < 4.78 is 25.6. The molecule has 10 nitrogen and oxygen atoms in total. The normalized spacial score (nSPS) is 15.2. The lowest BCUT2D eigenvalue weighted by atomic mass is 10.1. The van der Waals surface area contributed by atoms with E-state index in [1.807, 2.05) is 0 Å². The van der Waals surface area contributed by atoms with Gasteiger partial charge < -0.3 is 25.6 Å². The molecule has 0 radical (unpaired) electrons. The van der Waals surface area contributed by atoms with Crippen molar-refractivity contribution in [2.24, 2.45) is 5.73 Å². The highest BCUT2D eigenvalue weighted by Crippen LogP contribution is 2.43. The second-order valence-corrected chi connectivity index (χ2v) is 11.2. The van der Waals surface area contributed by atoms with Crippen molar-refractivity contribution < 1.29 is 43.0 Å². The number of carbonyl (C=O) groups excluding carboxylic acids is 1. The minimum Gasteiger partial charge on any atom is -0.480 e. The average Bonchev–Trinajstić information content (AvgIpc) is 2.94. The highest BCUT2D eigenvalue weighted by atomic mass is 31.2. The van der Waals surface area contributed by atoms with Gasteiger partial charge in [0.1, 0.15) is 18.8 Å². The molecule has 3 atom stereocenters. The second-order valence-electron chi connectivity index (χ2n) is 9.71. The molecule has 0 bridgehead atoms. The standard InChI is InChI=1S/C30H52NO9P/c1-2-3-4-5-6-7-8-9-10-11-12-13-14-15-16-17-18-19-20-21-22-23-29(33)38-24-27(32)25-39-41(36,37)40-26-28(31)30(34)35/h3-4,6-7,9-10,12-13,27-28,32H,2,5,8,11,14-26,31H2,1H3,(H,34,35)(H,36,37)/b4-3-,7-6-,10-9-,13-12-. The summed E-state index contributed by atoms with van der Waals surface area (Å²) in [4.78, 5) is 31.8. The Labute approximate surface area is 246 Å². The van der Waals surface area contributed by atoms with Crippen molar-refractivity contribution >= 4 is 19.8 Å². The first kappa shape index (κ1) is 38.9. The van der Waals surface area contributed by atoms with Crippen molar-refractivity contribution in [3.63, 3.8) is 0 Å². The summed E-state index contributed by atoms with van der Waals surface area (Å²) in [6.45, 7) is 0.379. The van der Waals surface area contributed by atoms with Gasteiger partial charge in [-0.05, 0) is 44.9 Å². The Balaban J connectivity index is 3.59. The van der Waals surface area contributed by atoms with E-state index in [0.29, 0.717) is 6.42 Å². The molecule has 0 saturated carbocycles. The van der Waals surface area contributed by atoms with E-state index in [0.717, 1.165) is 51.4 Å². The number of phosphoric ester groups is 1. The summed E-state index contributed by atoms with van der Waals surface area (Å²) in [5.74, 6) is -1.86. The van der Waals surface area contributed by atoms with Crippen molar-refractivity contribution in [2.45, 2.75) is 109 Å². The molecule has 3 unspecified atom stereocenters. The van der Waals surface area contributed by atoms with Crippen molar-refractivity contribution in [3.8, 4) is 0 Å². The Kier molecular flexibility index (Phi) is 25.5. The lowest BCUT2D eigenvalue weighted by molar-refractivity contribution is -0.147. The van der Waals surface area contributed by atoms with Crippen LogP contribution in [0.4, 0.5) is 0 Å². The fraction of sp³-hybridized carbons (Fsp3) is 0.667. The van der Waals surface area contributed by atoms with Crippen LogP contribution in [0.15, 0.2) is 48.6 Å². The average molecular weight is 602 g/mol. The van der Waals surface area contributed by atoms with E-state index >= 15 is 0 Å². The number of rotatable bonds is 27. The lowest BCUT2D eigenvalue weighted by Gasteiger charge is -2.16. The predicted molar refractivity (Wildman–Crippen MR) is 161 cm³/mol. The number of unbranched alkanes of at least 4 members (excludes halogenated alkanes) is 8. The number of nitrogens with two attached hydrogens (primary N) is 1. The Hall–Kier alpha value is -2.07. The molecule has 0 aromatic heterocycles. The van der Waals surface area contributed by atoms with E-state index in [1.54, 1.807) is 0 Å². The number of carbonyl (C=O) groups is 2. The van der Waals surface area contributed by atoms with Crippen LogP contribution in [-0.4, -0.2) is 59.0 Å². The third-order valence-electron chi connectivity index (χ3n) is 5.82. The number of ether oxygens (including phenoxy) is 1. The third-order valence-corrected chi connectivity index (χ3v) is 6.77. The van der Waals surface area contributed by atoms with Gasteiger partial charge in [0, 0.05) is 6.42 Å². The van der Waals surface area contributed by atoms with Crippen LogP contribution in [0.1, 0.15) is 96.8 Å². The van der Waals surface area contributed by atoms with Crippen molar-refractivity contribution in [3.05, 3.63) is 48.6 Å². The van der Waals surface area contributed by atoms with Gasteiger partial charge >= 0.3 is 19.8 Å². The number of aliphatic hydroxyl groups excluding tert-OH is 1. The SMILES string of the molecule is CC/C=C\C/C=C\C/C=C\C/C=C\CCCCCCCCCCC(=O)OCC(O)COP(=O)(O)OCC(N)C(=O)O. The number of aliphatic carboxylic acids is 1. The van der Waals surface area contributed by atoms with Gasteiger partial charge in [-0.3, -0.25) is 18.6 Å². The van der Waals surface area contributed by atoms with Gasteiger partial charge in [-0.25, -0.2) is 4.57 Å². The molecule has 0 heterocycles. The van der Waals surface area contributed by atoms with E-state index < -0.39 is 51.7 Å². The first-order chi connectivity index (χ1) is 19.7. The lowest BCUT2D eigenvalue weighted by Crippen LogP contribution is -2.34. The van der Waals surface area contributed by atoms with Gasteiger partial charge in [0.15, 0.2) is 0 Å². The summed E-state index contributed by atoms with van der Waals surface area (Å²) in [5.41, 5.74) is 5.17. The molecule has 0 aromatic carbocycles. The number of hydrogen-bond acceptors (Lipinski definition) is 8. The molecule has 5 N–H and O–H groups in total. The van der Waals surface area contributed by atoms with Crippen LogP contribution >= 0.6 is 7.82 Å². The number of carboxylic acid groups (broad SMARTS) is 1. The van der Waals surface area contributed by atoms with Crippen LogP contribution in [0.25, 0.3) is 0 Å². The third kappa shape index (κ3) is 27.9. The maximum Gasteiger partial charge on any atom is 0.472 e. The number of phosphoric acid groups is 1. The fourth-order valence-corrected chi connectivity index (χ4v) is 4.25. The topological polar surface area (TPSA) is 166 Å². The molecule has 0 aliphatic carbocycles. The highest BCUT2D eigenvalue weighted by Gasteiger charge is 2.26. The maximum atomic E-state index is 11.8. The number of allylic oxidation sites excluding steroid dienone is 8. The number of hydrogen-bond donors (Lipinski definition) is 4. The monoisotopic (exact) mass is 601 g/mol. The number of aliphatic hydroxyl groups is 1. The van der Waals surface area contributed by atoms with Crippen LogP contribution in [0.3, 0.4) is 0 Å². The zero-order chi connectivity index (χ0) is 30.6. The summed E-state index contributed by atoms with van der Waals surface area (Å²) in [6, 6.07) is -1.49. The molecule has 0 amide bonds. The molecular weight excluding hydrogens is 549 g/mol. The molecule has 0 spiro atoms. The fourth-order valence-electron chi connectivity index (χ4n) is 3.46. The van der Waals surface area contributed by atoms with E-state index in [-0.39, 0.29) is 6.42 Å². The van der Waals surface area contributed by atoms with Crippen molar-refractivity contribution in [1.29, 1.82) is 0 Å². The minimum atomic E-state index is -4.59. The van der Waals surface area contributed by atoms with Crippen molar-refractivity contribution in [2.75, 3.05) is 19.8 Å². The van der Waals surface area contributed by atoms with Crippen molar-refractivity contribution in [1.82, 2.24) is 0 Å². The van der Waals surface area contributed by atoms with Gasteiger partial charge in [-0.1, -0.05) is 94.1 Å². The molecule has 11 heteroatoms. The zero-order valence-corrected chi connectivity index (χ0v) is 25.5. The van der Waals surface area contributed by atoms with Gasteiger partial charge in [0.25, 0.3) is 0 Å². The van der Waals surface area contributed by atoms with Crippen LogP contribution in [-0.2, 0) is 27.9 Å². The Morgan fingerprint density at radius 2 is 1.24 bits per heavy atom. The molecule has 0 aliphatic rings. The molecule has 0 fully saturated rings. The smallest absolute Gasteiger partial charge is 0.472 e. The van der Waals surface area contributed by atoms with Gasteiger partial charge in [0.05, 0.1) is 13.2 Å². The summed E-state index contributed by atoms with van der Waals surface area (Å²) >= 11 is 0. The summed E-state index contributed by atoms with van der Waals surface area (Å²) in [6.07, 6.45) is 30.4. The van der Waals surface area contributed by atoms with Gasteiger partial charge in [0.2, 0.25) is 0 Å². The largest absolute Gasteiger partial charge is 0.480 e. The van der Waals surface area contributed by atoms with E-state index in [4.69, 9.17) is 15.6 Å². The number of carboxylic acids is 1. The second kappa shape index (κ2) is 26.8. The summed E-state index contributed by atoms with van der Waals surface area (Å²) in [5, 5.41) is 18.4. The molecule has 236 valence electrons. The zero-order valence-electron chi connectivity index (χ0n) is 24.6. The number of esters is 1. The predicted octanol–water partition coefficient (Wildman–Crippen LogP) is 6.14. The molecule has 0 aliphatic heterocycles. The minimum absolute atomic E-state index is 0.233. The molecular formula is C30H52NO9P. The first-order valence-corrected chi connectivity index (χ1v) is 16.2. The van der Waals surface area contributed by atoms with E-state index in [2.05, 4.69) is 64.6 Å². The van der Waals surface area contributed by atoms with Crippen LogP contribution in [0.2, 0.25) is 0 Å². The van der Waals surface area contributed by atoms with Crippen LogP contribution < -0.4 is 5.73 Å². The molecule has 0 rings (SSSR count).